The number of urea groups is 1. The minimum absolute atomic E-state index is 0.110. The van der Waals surface area contributed by atoms with E-state index in [0.717, 1.165) is 4.47 Å². The molecule has 3 amide bonds. The van der Waals surface area contributed by atoms with Crippen LogP contribution < -0.4 is 5.32 Å². The number of carbonyl (C=O) groups is 2. The van der Waals surface area contributed by atoms with Crippen LogP contribution in [0.2, 0.25) is 0 Å². The Morgan fingerprint density at radius 1 is 1.33 bits per heavy atom. The number of anilines is 1. The second-order valence-corrected chi connectivity index (χ2v) is 7.68. The van der Waals surface area contributed by atoms with Crippen LogP contribution in [-0.2, 0) is 4.74 Å². The van der Waals surface area contributed by atoms with Crippen LogP contribution in [0.25, 0.3) is 0 Å². The van der Waals surface area contributed by atoms with Gasteiger partial charge in [0, 0.05) is 36.3 Å². The molecule has 1 N–H and O–H groups in total. The minimum atomic E-state index is -0.526. The summed E-state index contributed by atoms with van der Waals surface area (Å²) in [5.41, 5.74) is -0.526. The molecule has 1 fully saturated rings. The molecule has 2 rings (SSSR count). The number of halogens is 1. The number of piperazine rings is 1. The molecule has 1 aromatic heterocycles. The third-order valence-electron chi connectivity index (χ3n) is 3.50. The van der Waals surface area contributed by atoms with Crippen molar-refractivity contribution >= 4 is 33.9 Å². The smallest absolute Gasteiger partial charge is 0.410 e. The molecule has 0 saturated carbocycles. The number of hydrogen-bond acceptors (Lipinski definition) is 4. The highest BCUT2D eigenvalue weighted by Gasteiger charge is 2.32. The lowest BCUT2D eigenvalue weighted by atomic mass is 10.2. The van der Waals surface area contributed by atoms with E-state index in [1.807, 2.05) is 33.8 Å². The normalized spacial score (nSPS) is 18.3. The van der Waals surface area contributed by atoms with E-state index in [0.29, 0.717) is 25.5 Å². The maximum absolute atomic E-state index is 12.4. The number of nitrogens with one attached hydrogen (secondary N) is 1. The van der Waals surface area contributed by atoms with Crippen molar-refractivity contribution in [2.75, 3.05) is 25.0 Å². The molecular formula is C16H23BrN4O3. The van der Waals surface area contributed by atoms with Crippen LogP contribution in [0, 0.1) is 0 Å². The van der Waals surface area contributed by atoms with Crippen molar-refractivity contribution in [3.05, 3.63) is 22.8 Å². The molecule has 1 aliphatic heterocycles. The van der Waals surface area contributed by atoms with Gasteiger partial charge in [-0.2, -0.15) is 0 Å². The summed E-state index contributed by atoms with van der Waals surface area (Å²) in [5, 5.41) is 2.77. The van der Waals surface area contributed by atoms with Gasteiger partial charge in [-0.3, -0.25) is 5.32 Å². The monoisotopic (exact) mass is 398 g/mol. The Morgan fingerprint density at radius 2 is 2.04 bits per heavy atom. The summed E-state index contributed by atoms with van der Waals surface area (Å²) in [6.45, 7) is 8.75. The quantitative estimate of drug-likeness (QED) is 0.786. The van der Waals surface area contributed by atoms with Gasteiger partial charge in [0.25, 0.3) is 0 Å². The second-order valence-electron chi connectivity index (χ2n) is 6.76. The molecule has 0 bridgehead atoms. The molecule has 1 saturated heterocycles. The van der Waals surface area contributed by atoms with Crippen molar-refractivity contribution in [3.63, 3.8) is 0 Å². The molecule has 8 heteroatoms. The number of nitrogens with zero attached hydrogens (tertiary/aromatic N) is 3. The number of pyridine rings is 1. The Hall–Kier alpha value is -1.83. The van der Waals surface area contributed by atoms with Crippen LogP contribution in [-0.4, -0.2) is 58.2 Å². The molecule has 2 heterocycles. The van der Waals surface area contributed by atoms with Gasteiger partial charge >= 0.3 is 12.1 Å². The molecule has 1 atom stereocenters. The summed E-state index contributed by atoms with van der Waals surface area (Å²) in [6.07, 6.45) is 1.28. The fraction of sp³-hybridized carbons (Fsp3) is 0.562. The van der Waals surface area contributed by atoms with E-state index in [1.54, 1.807) is 22.1 Å². The fourth-order valence-electron chi connectivity index (χ4n) is 2.38. The Bertz CT molecular complexity index is 600. The molecule has 24 heavy (non-hydrogen) atoms. The van der Waals surface area contributed by atoms with Crippen LogP contribution >= 0.6 is 15.9 Å². The first-order valence-electron chi connectivity index (χ1n) is 7.83. The summed E-state index contributed by atoms with van der Waals surface area (Å²) >= 11 is 3.30. The average molecular weight is 399 g/mol. The molecule has 0 aliphatic carbocycles. The lowest BCUT2D eigenvalue weighted by molar-refractivity contribution is 0.0112. The van der Waals surface area contributed by atoms with Crippen LogP contribution in [0.15, 0.2) is 22.8 Å². The number of ether oxygens (including phenoxy) is 1. The zero-order chi connectivity index (χ0) is 17.9. The third-order valence-corrected chi connectivity index (χ3v) is 3.97. The lowest BCUT2D eigenvalue weighted by Gasteiger charge is -2.39. The zero-order valence-corrected chi connectivity index (χ0v) is 16.0. The third kappa shape index (κ3) is 5.09. The summed E-state index contributed by atoms with van der Waals surface area (Å²) < 4.78 is 6.23. The van der Waals surface area contributed by atoms with E-state index < -0.39 is 5.60 Å². The Morgan fingerprint density at radius 3 is 2.58 bits per heavy atom. The summed E-state index contributed by atoms with van der Waals surface area (Å²) in [4.78, 5) is 32.0. The SMILES string of the molecule is CC1CN(C(=O)OC(C)(C)C)CCN1C(=O)Nc1ccc(Br)cn1. The number of aromatic nitrogens is 1. The first-order valence-corrected chi connectivity index (χ1v) is 8.62. The van der Waals surface area contributed by atoms with E-state index in [2.05, 4.69) is 26.2 Å². The lowest BCUT2D eigenvalue weighted by Crippen LogP contribution is -2.57. The number of hydrogen-bond donors (Lipinski definition) is 1. The van der Waals surface area contributed by atoms with Gasteiger partial charge in [-0.25, -0.2) is 14.6 Å². The zero-order valence-electron chi connectivity index (χ0n) is 14.4. The number of amides is 3. The molecule has 0 radical (unpaired) electrons. The van der Waals surface area contributed by atoms with Gasteiger partial charge in [-0.1, -0.05) is 0 Å². The first kappa shape index (κ1) is 18.5. The largest absolute Gasteiger partial charge is 0.444 e. The van der Waals surface area contributed by atoms with E-state index in [9.17, 15) is 9.59 Å². The molecule has 1 aliphatic rings. The summed E-state index contributed by atoms with van der Waals surface area (Å²) in [5.74, 6) is 0.491. The Labute approximate surface area is 150 Å². The highest BCUT2D eigenvalue weighted by atomic mass is 79.9. The van der Waals surface area contributed by atoms with E-state index in [4.69, 9.17) is 4.74 Å². The van der Waals surface area contributed by atoms with Gasteiger partial charge in [0.15, 0.2) is 0 Å². The van der Waals surface area contributed by atoms with Crippen molar-refractivity contribution in [1.29, 1.82) is 0 Å². The minimum Gasteiger partial charge on any atom is -0.444 e. The van der Waals surface area contributed by atoms with Crippen LogP contribution in [0.1, 0.15) is 27.7 Å². The van der Waals surface area contributed by atoms with Crippen molar-refractivity contribution in [2.24, 2.45) is 0 Å². The van der Waals surface area contributed by atoms with E-state index >= 15 is 0 Å². The van der Waals surface area contributed by atoms with E-state index in [-0.39, 0.29) is 18.2 Å². The second kappa shape index (κ2) is 7.38. The topological polar surface area (TPSA) is 74.8 Å². The maximum atomic E-state index is 12.4. The molecular weight excluding hydrogens is 376 g/mol. The average Bonchev–Trinajstić information content (AvgIpc) is 2.47. The van der Waals surface area contributed by atoms with Crippen LogP contribution in [0.5, 0.6) is 0 Å². The van der Waals surface area contributed by atoms with Crippen molar-refractivity contribution in [2.45, 2.75) is 39.3 Å². The molecule has 1 unspecified atom stereocenters. The van der Waals surface area contributed by atoms with Gasteiger partial charge < -0.3 is 14.5 Å². The van der Waals surface area contributed by atoms with Gasteiger partial charge in [-0.15, -0.1) is 0 Å². The van der Waals surface area contributed by atoms with Crippen molar-refractivity contribution < 1.29 is 14.3 Å². The highest BCUT2D eigenvalue weighted by Crippen LogP contribution is 2.16. The van der Waals surface area contributed by atoms with Gasteiger partial charge in [0.05, 0.1) is 0 Å². The number of carbonyl (C=O) groups excluding carboxylic acids is 2. The first-order chi connectivity index (χ1) is 11.2. The molecule has 7 nitrogen and oxygen atoms in total. The fourth-order valence-corrected chi connectivity index (χ4v) is 2.62. The molecule has 0 aromatic carbocycles. The predicted octanol–water partition coefficient (Wildman–Crippen LogP) is 3.32. The summed E-state index contributed by atoms with van der Waals surface area (Å²) in [7, 11) is 0. The number of rotatable bonds is 1. The Balaban J connectivity index is 1.91. The van der Waals surface area contributed by atoms with Gasteiger partial charge in [-0.05, 0) is 55.8 Å². The standard InChI is InChI=1S/C16H23BrN4O3/c1-11-10-20(15(23)24-16(2,3)4)7-8-21(11)14(22)19-13-6-5-12(17)9-18-13/h5-6,9,11H,7-8,10H2,1-4H3,(H,18,19,22). The van der Waals surface area contributed by atoms with Gasteiger partial charge in [0.1, 0.15) is 11.4 Å². The van der Waals surface area contributed by atoms with Crippen molar-refractivity contribution in [1.82, 2.24) is 14.8 Å². The summed E-state index contributed by atoms with van der Waals surface area (Å²) in [6, 6.07) is 3.21. The molecule has 1 aromatic rings. The van der Waals surface area contributed by atoms with E-state index in [1.165, 1.54) is 0 Å². The van der Waals surface area contributed by atoms with Crippen LogP contribution in [0.4, 0.5) is 15.4 Å². The molecule has 0 spiro atoms. The molecule has 132 valence electrons. The van der Waals surface area contributed by atoms with Crippen LogP contribution in [0.3, 0.4) is 0 Å². The predicted molar refractivity (Wildman–Crippen MR) is 94.9 cm³/mol. The Kier molecular flexibility index (Phi) is 5.69. The van der Waals surface area contributed by atoms with Gasteiger partial charge in [0.2, 0.25) is 0 Å². The highest BCUT2D eigenvalue weighted by molar-refractivity contribution is 9.10. The maximum Gasteiger partial charge on any atom is 0.410 e. The van der Waals surface area contributed by atoms with Crippen molar-refractivity contribution in [3.8, 4) is 0 Å².